The van der Waals surface area contributed by atoms with Crippen LogP contribution in [0.3, 0.4) is 0 Å². The molecular weight excluding hydrogens is 282 g/mol. The van der Waals surface area contributed by atoms with Crippen molar-refractivity contribution in [3.63, 3.8) is 0 Å². The molecule has 2 nitrogen and oxygen atoms in total. The molecule has 1 aromatic rings. The maximum absolute atomic E-state index is 14.3. The number of benzene rings is 1. The average Bonchev–Trinajstić information content (AvgIpc) is 2.35. The van der Waals surface area contributed by atoms with Gasteiger partial charge in [-0.1, -0.05) is 18.0 Å². The number of hydrogen-bond donors (Lipinski definition) is 1. The molecule has 0 bridgehead atoms. The van der Waals surface area contributed by atoms with Crippen molar-refractivity contribution in [2.45, 2.75) is 25.3 Å². The van der Waals surface area contributed by atoms with Gasteiger partial charge in [0.15, 0.2) is 0 Å². The van der Waals surface area contributed by atoms with Gasteiger partial charge in [0.1, 0.15) is 11.6 Å². The molecule has 1 saturated carbocycles. The van der Waals surface area contributed by atoms with E-state index in [0.29, 0.717) is 5.92 Å². The van der Waals surface area contributed by atoms with Crippen LogP contribution in [0, 0.1) is 17.6 Å². The summed E-state index contributed by atoms with van der Waals surface area (Å²) in [7, 11) is 0. The van der Waals surface area contributed by atoms with E-state index in [4.69, 9.17) is 11.6 Å². The maximum atomic E-state index is 14.3. The summed E-state index contributed by atoms with van der Waals surface area (Å²) >= 11 is 5.74. The van der Waals surface area contributed by atoms with Gasteiger partial charge in [-0.15, -0.1) is 0 Å². The Labute approximate surface area is 123 Å². The molecule has 2 fully saturated rings. The van der Waals surface area contributed by atoms with Gasteiger partial charge in [-0.05, 0) is 30.9 Å². The van der Waals surface area contributed by atoms with Crippen molar-refractivity contribution >= 4 is 11.6 Å². The van der Waals surface area contributed by atoms with Crippen LogP contribution in [0.4, 0.5) is 8.78 Å². The van der Waals surface area contributed by atoms with E-state index < -0.39 is 11.6 Å². The van der Waals surface area contributed by atoms with E-state index in [1.807, 2.05) is 0 Å². The summed E-state index contributed by atoms with van der Waals surface area (Å²) in [6.45, 7) is 3.42. The fourth-order valence-electron chi connectivity index (χ4n) is 3.27. The molecule has 1 saturated heterocycles. The first-order chi connectivity index (χ1) is 9.66. The molecule has 0 unspecified atom stereocenters. The molecule has 0 amide bonds. The van der Waals surface area contributed by atoms with E-state index in [1.54, 1.807) is 0 Å². The Bertz CT molecular complexity index is 462. The predicted octanol–water partition coefficient (Wildman–Crippen LogP) is 3.36. The molecule has 0 spiro atoms. The van der Waals surface area contributed by atoms with Crippen molar-refractivity contribution in [2.75, 3.05) is 26.2 Å². The Kier molecular flexibility index (Phi) is 4.24. The van der Waals surface area contributed by atoms with Crippen LogP contribution in [-0.4, -0.2) is 31.1 Å². The summed E-state index contributed by atoms with van der Waals surface area (Å²) in [6, 6.07) is 2.31. The second kappa shape index (κ2) is 5.96. The summed E-state index contributed by atoms with van der Waals surface area (Å²) < 4.78 is 28.5. The second-order valence-electron chi connectivity index (χ2n) is 5.70. The van der Waals surface area contributed by atoms with Crippen molar-refractivity contribution in [3.8, 4) is 0 Å². The zero-order valence-electron chi connectivity index (χ0n) is 11.3. The van der Waals surface area contributed by atoms with Crippen LogP contribution in [0.25, 0.3) is 0 Å². The lowest BCUT2D eigenvalue weighted by atomic mass is 9.76. The Morgan fingerprint density at radius 1 is 1.15 bits per heavy atom. The number of piperazine rings is 1. The molecule has 3 rings (SSSR count). The number of nitrogens with one attached hydrogen (secondary N) is 1. The third kappa shape index (κ3) is 2.69. The second-order valence-corrected chi connectivity index (χ2v) is 6.14. The Hall–Kier alpha value is -0.710. The van der Waals surface area contributed by atoms with Gasteiger partial charge < -0.3 is 5.32 Å². The normalized spacial score (nSPS) is 22.6. The van der Waals surface area contributed by atoms with Crippen LogP contribution in [0.1, 0.15) is 30.9 Å². The molecule has 5 heteroatoms. The molecule has 1 aliphatic heterocycles. The van der Waals surface area contributed by atoms with Crippen LogP contribution in [0.15, 0.2) is 12.1 Å². The minimum absolute atomic E-state index is 0.122. The topological polar surface area (TPSA) is 15.3 Å². The minimum Gasteiger partial charge on any atom is -0.314 e. The van der Waals surface area contributed by atoms with Gasteiger partial charge in [-0.3, -0.25) is 4.90 Å². The van der Waals surface area contributed by atoms with Gasteiger partial charge in [-0.2, -0.15) is 0 Å². The fraction of sp³-hybridized carbons (Fsp3) is 0.600. The predicted molar refractivity (Wildman–Crippen MR) is 75.9 cm³/mol. The lowest BCUT2D eigenvalue weighted by Crippen LogP contribution is -2.48. The summed E-state index contributed by atoms with van der Waals surface area (Å²) in [5, 5.41) is 3.41. The quantitative estimate of drug-likeness (QED) is 0.921. The molecule has 0 radical (unpaired) electrons. The molecule has 1 atom stereocenters. The lowest BCUT2D eigenvalue weighted by Gasteiger charge is -2.43. The molecule has 1 aromatic carbocycles. The molecule has 1 N–H and O–H groups in total. The monoisotopic (exact) mass is 300 g/mol. The fourth-order valence-corrected chi connectivity index (χ4v) is 3.46. The maximum Gasteiger partial charge on any atom is 0.132 e. The van der Waals surface area contributed by atoms with Crippen LogP contribution in [0.2, 0.25) is 5.02 Å². The van der Waals surface area contributed by atoms with Gasteiger partial charge in [0.2, 0.25) is 0 Å². The molecule has 0 aromatic heterocycles. The largest absolute Gasteiger partial charge is 0.314 e. The van der Waals surface area contributed by atoms with E-state index in [9.17, 15) is 8.78 Å². The van der Waals surface area contributed by atoms with E-state index >= 15 is 0 Å². The molecule has 1 aliphatic carbocycles. The van der Waals surface area contributed by atoms with Gasteiger partial charge in [0.25, 0.3) is 0 Å². The highest BCUT2D eigenvalue weighted by molar-refractivity contribution is 6.30. The summed E-state index contributed by atoms with van der Waals surface area (Å²) in [6.07, 6.45) is 3.26. The standard InChI is InChI=1S/C15H19ClF2N2/c16-11-8-12(17)14(13(18)9-11)15(10-2-1-3-10)20-6-4-19-5-7-20/h8-10,15,19H,1-7H2/t15-/m0/s1. The van der Waals surface area contributed by atoms with Crippen molar-refractivity contribution in [1.29, 1.82) is 0 Å². The van der Waals surface area contributed by atoms with E-state index in [-0.39, 0.29) is 16.6 Å². The summed E-state index contributed by atoms with van der Waals surface area (Å²) in [5.41, 5.74) is 0.209. The molecule has 2 aliphatic rings. The van der Waals surface area contributed by atoms with Crippen molar-refractivity contribution in [1.82, 2.24) is 10.2 Å². The van der Waals surface area contributed by atoms with E-state index in [1.165, 1.54) is 12.1 Å². The summed E-state index contributed by atoms with van der Waals surface area (Å²) in [5.74, 6) is -0.658. The first-order valence-electron chi connectivity index (χ1n) is 7.26. The first-order valence-corrected chi connectivity index (χ1v) is 7.64. The van der Waals surface area contributed by atoms with Crippen LogP contribution < -0.4 is 5.32 Å². The average molecular weight is 301 g/mol. The van der Waals surface area contributed by atoms with Gasteiger partial charge in [-0.25, -0.2) is 8.78 Å². The van der Waals surface area contributed by atoms with Gasteiger partial charge in [0, 0.05) is 42.8 Å². The molecular formula is C15H19ClF2N2. The van der Waals surface area contributed by atoms with Crippen LogP contribution >= 0.6 is 11.6 Å². The number of halogens is 3. The van der Waals surface area contributed by atoms with Crippen molar-refractivity contribution in [3.05, 3.63) is 34.4 Å². The highest BCUT2D eigenvalue weighted by atomic mass is 35.5. The number of nitrogens with zero attached hydrogens (tertiary/aromatic N) is 1. The van der Waals surface area contributed by atoms with Crippen molar-refractivity contribution in [2.24, 2.45) is 5.92 Å². The third-order valence-corrected chi connectivity index (χ3v) is 4.70. The summed E-state index contributed by atoms with van der Waals surface area (Å²) in [4.78, 5) is 2.22. The van der Waals surface area contributed by atoms with E-state index in [2.05, 4.69) is 10.2 Å². The SMILES string of the molecule is Fc1cc(Cl)cc(F)c1[C@H](C1CCC1)N1CCNCC1. The molecule has 20 heavy (non-hydrogen) atoms. The zero-order valence-corrected chi connectivity index (χ0v) is 12.1. The molecule has 1 heterocycles. The number of rotatable bonds is 3. The minimum atomic E-state index is -0.509. The number of hydrogen-bond acceptors (Lipinski definition) is 2. The van der Waals surface area contributed by atoms with Crippen LogP contribution in [-0.2, 0) is 0 Å². The van der Waals surface area contributed by atoms with Crippen molar-refractivity contribution < 1.29 is 8.78 Å². The van der Waals surface area contributed by atoms with Gasteiger partial charge in [0.05, 0.1) is 0 Å². The van der Waals surface area contributed by atoms with E-state index in [0.717, 1.165) is 45.4 Å². The third-order valence-electron chi connectivity index (χ3n) is 4.48. The van der Waals surface area contributed by atoms with Gasteiger partial charge >= 0.3 is 0 Å². The van der Waals surface area contributed by atoms with Crippen LogP contribution in [0.5, 0.6) is 0 Å². The highest BCUT2D eigenvalue weighted by Crippen LogP contribution is 2.43. The Balaban J connectivity index is 1.96. The zero-order chi connectivity index (χ0) is 14.1. The lowest BCUT2D eigenvalue weighted by molar-refractivity contribution is 0.0785. The molecule has 110 valence electrons. The first kappa shape index (κ1) is 14.2. The smallest absolute Gasteiger partial charge is 0.132 e. The Morgan fingerprint density at radius 2 is 1.75 bits per heavy atom. The Morgan fingerprint density at radius 3 is 2.25 bits per heavy atom. The highest BCUT2D eigenvalue weighted by Gasteiger charge is 2.36.